The molecule has 8 nitrogen and oxygen atoms in total. The SMILES string of the molecule is CCOC(=O)c1c(NC(=O)CSc2nnc(-c3ccccc3)c(=O)[nH]2)sc(C)c1C. The summed E-state index contributed by atoms with van der Waals surface area (Å²) in [7, 11) is 0. The molecule has 1 amide bonds. The zero-order valence-electron chi connectivity index (χ0n) is 16.6. The van der Waals surface area contributed by atoms with E-state index in [1.165, 1.54) is 11.3 Å². The van der Waals surface area contributed by atoms with Crippen molar-refractivity contribution in [1.29, 1.82) is 0 Å². The van der Waals surface area contributed by atoms with Crippen LogP contribution in [0, 0.1) is 13.8 Å². The van der Waals surface area contributed by atoms with E-state index in [9.17, 15) is 14.4 Å². The summed E-state index contributed by atoms with van der Waals surface area (Å²) in [6.07, 6.45) is 0. The molecule has 0 saturated carbocycles. The smallest absolute Gasteiger partial charge is 0.341 e. The average Bonchev–Trinajstić information content (AvgIpc) is 3.00. The number of hydrogen-bond acceptors (Lipinski definition) is 8. The van der Waals surface area contributed by atoms with Gasteiger partial charge in [0.15, 0.2) is 10.9 Å². The topological polar surface area (TPSA) is 114 Å². The monoisotopic (exact) mass is 444 g/mol. The van der Waals surface area contributed by atoms with Crippen molar-refractivity contribution in [3.8, 4) is 11.3 Å². The van der Waals surface area contributed by atoms with E-state index in [2.05, 4.69) is 20.5 Å². The second-order valence-electron chi connectivity index (χ2n) is 6.22. The zero-order chi connectivity index (χ0) is 21.7. The fourth-order valence-electron chi connectivity index (χ4n) is 2.63. The van der Waals surface area contributed by atoms with Crippen LogP contribution < -0.4 is 10.9 Å². The van der Waals surface area contributed by atoms with E-state index >= 15 is 0 Å². The van der Waals surface area contributed by atoms with Gasteiger partial charge in [0.25, 0.3) is 5.56 Å². The minimum Gasteiger partial charge on any atom is -0.462 e. The van der Waals surface area contributed by atoms with Gasteiger partial charge in [-0.3, -0.25) is 14.6 Å². The van der Waals surface area contributed by atoms with E-state index in [-0.39, 0.29) is 34.7 Å². The summed E-state index contributed by atoms with van der Waals surface area (Å²) in [5.74, 6) is -0.802. The van der Waals surface area contributed by atoms with Crippen molar-refractivity contribution in [2.24, 2.45) is 0 Å². The molecule has 3 rings (SSSR count). The maximum absolute atomic E-state index is 12.4. The minimum absolute atomic E-state index is 0.00638. The maximum atomic E-state index is 12.4. The van der Waals surface area contributed by atoms with Crippen molar-refractivity contribution in [3.63, 3.8) is 0 Å². The quantitative estimate of drug-likeness (QED) is 0.424. The Balaban J connectivity index is 1.67. The zero-order valence-corrected chi connectivity index (χ0v) is 18.3. The molecule has 30 heavy (non-hydrogen) atoms. The average molecular weight is 445 g/mol. The Kier molecular flexibility index (Phi) is 7.01. The summed E-state index contributed by atoms with van der Waals surface area (Å²) in [5, 5.41) is 11.4. The van der Waals surface area contributed by atoms with Crippen LogP contribution in [0.2, 0.25) is 0 Å². The highest BCUT2D eigenvalue weighted by Crippen LogP contribution is 2.33. The molecule has 0 aliphatic rings. The van der Waals surface area contributed by atoms with Gasteiger partial charge in [0, 0.05) is 10.4 Å². The molecule has 2 aromatic heterocycles. The number of anilines is 1. The number of ether oxygens (including phenoxy) is 1. The van der Waals surface area contributed by atoms with Crippen LogP contribution in [0.15, 0.2) is 40.3 Å². The third kappa shape index (κ3) is 4.95. The Morgan fingerprint density at radius 1 is 1.20 bits per heavy atom. The number of aromatic nitrogens is 3. The molecule has 0 unspecified atom stereocenters. The summed E-state index contributed by atoms with van der Waals surface area (Å²) in [5.41, 5.74) is 1.66. The molecule has 3 aromatic rings. The lowest BCUT2D eigenvalue weighted by Crippen LogP contribution is -2.18. The van der Waals surface area contributed by atoms with Crippen molar-refractivity contribution in [2.75, 3.05) is 17.7 Å². The number of H-pyrrole nitrogens is 1. The third-order valence-corrected chi connectivity index (χ3v) is 6.17. The molecule has 0 aliphatic heterocycles. The van der Waals surface area contributed by atoms with E-state index < -0.39 is 5.97 Å². The lowest BCUT2D eigenvalue weighted by atomic mass is 10.1. The first-order valence-corrected chi connectivity index (χ1v) is 10.9. The summed E-state index contributed by atoms with van der Waals surface area (Å²) in [4.78, 5) is 40.4. The van der Waals surface area contributed by atoms with Crippen LogP contribution in [0.3, 0.4) is 0 Å². The number of aromatic amines is 1. The molecule has 0 radical (unpaired) electrons. The summed E-state index contributed by atoms with van der Waals surface area (Å²) in [6, 6.07) is 9.00. The fraction of sp³-hybridized carbons (Fsp3) is 0.250. The molecule has 10 heteroatoms. The lowest BCUT2D eigenvalue weighted by Gasteiger charge is -2.07. The van der Waals surface area contributed by atoms with Crippen molar-refractivity contribution < 1.29 is 14.3 Å². The van der Waals surface area contributed by atoms with Crippen molar-refractivity contribution in [3.05, 3.63) is 56.7 Å². The van der Waals surface area contributed by atoms with Gasteiger partial charge in [-0.25, -0.2) is 4.79 Å². The molecule has 0 spiro atoms. The number of carbonyl (C=O) groups excluding carboxylic acids is 2. The summed E-state index contributed by atoms with van der Waals surface area (Å²) < 4.78 is 5.09. The number of benzene rings is 1. The number of rotatable bonds is 7. The highest BCUT2D eigenvalue weighted by Gasteiger charge is 2.22. The van der Waals surface area contributed by atoms with Crippen LogP contribution in [-0.2, 0) is 9.53 Å². The van der Waals surface area contributed by atoms with Crippen molar-refractivity contribution in [1.82, 2.24) is 15.2 Å². The van der Waals surface area contributed by atoms with Gasteiger partial charge in [0.1, 0.15) is 5.00 Å². The van der Waals surface area contributed by atoms with E-state index in [1.807, 2.05) is 32.0 Å². The third-order valence-electron chi connectivity index (χ3n) is 4.18. The van der Waals surface area contributed by atoms with Crippen LogP contribution in [0.4, 0.5) is 5.00 Å². The molecular formula is C20H20N4O4S2. The number of nitrogens with zero attached hydrogens (tertiary/aromatic N) is 2. The largest absolute Gasteiger partial charge is 0.462 e. The Morgan fingerprint density at radius 3 is 2.60 bits per heavy atom. The van der Waals surface area contributed by atoms with Crippen LogP contribution in [0.5, 0.6) is 0 Å². The Hall–Kier alpha value is -2.98. The van der Waals surface area contributed by atoms with Gasteiger partial charge < -0.3 is 10.1 Å². The molecule has 0 fully saturated rings. The van der Waals surface area contributed by atoms with Gasteiger partial charge in [-0.2, -0.15) is 0 Å². The number of carbonyl (C=O) groups is 2. The molecule has 0 saturated heterocycles. The number of esters is 1. The highest BCUT2D eigenvalue weighted by molar-refractivity contribution is 7.99. The molecule has 2 N–H and O–H groups in total. The number of aryl methyl sites for hydroxylation is 1. The number of amides is 1. The van der Waals surface area contributed by atoms with E-state index in [4.69, 9.17) is 4.74 Å². The van der Waals surface area contributed by atoms with E-state index in [0.717, 1.165) is 22.2 Å². The standard InChI is InChI=1S/C20H20N4O4S2/c1-4-28-19(27)15-11(2)12(3)30-18(15)21-14(25)10-29-20-22-17(26)16(23-24-20)13-8-6-5-7-9-13/h5-9H,4,10H2,1-3H3,(H,21,25)(H,22,24,26). The Bertz CT molecular complexity index is 1130. The predicted octanol–water partition coefficient (Wildman–Crippen LogP) is 3.42. The summed E-state index contributed by atoms with van der Waals surface area (Å²) in [6.45, 7) is 5.67. The van der Waals surface area contributed by atoms with Gasteiger partial charge in [0.2, 0.25) is 5.91 Å². The van der Waals surface area contributed by atoms with Crippen LogP contribution >= 0.6 is 23.1 Å². The number of thiophene rings is 1. The molecule has 1 aromatic carbocycles. The van der Waals surface area contributed by atoms with Crippen LogP contribution in [-0.4, -0.2) is 39.4 Å². The minimum atomic E-state index is -0.464. The van der Waals surface area contributed by atoms with Gasteiger partial charge in [-0.05, 0) is 26.3 Å². The number of thioether (sulfide) groups is 1. The lowest BCUT2D eigenvalue weighted by molar-refractivity contribution is -0.113. The normalized spacial score (nSPS) is 10.6. The Labute approximate surface area is 181 Å². The summed E-state index contributed by atoms with van der Waals surface area (Å²) >= 11 is 2.37. The predicted molar refractivity (Wildman–Crippen MR) is 117 cm³/mol. The fourth-order valence-corrected chi connectivity index (χ4v) is 4.30. The second kappa shape index (κ2) is 9.68. The molecule has 0 atom stereocenters. The molecule has 2 heterocycles. The van der Waals surface area contributed by atoms with Gasteiger partial charge in [0.05, 0.1) is 17.9 Å². The first-order valence-electron chi connectivity index (χ1n) is 9.12. The Morgan fingerprint density at radius 2 is 1.93 bits per heavy atom. The molecule has 156 valence electrons. The number of nitrogens with one attached hydrogen (secondary N) is 2. The van der Waals surface area contributed by atoms with E-state index in [0.29, 0.717) is 16.1 Å². The van der Waals surface area contributed by atoms with E-state index in [1.54, 1.807) is 19.1 Å². The van der Waals surface area contributed by atoms with Crippen LogP contribution in [0.1, 0.15) is 27.7 Å². The van der Waals surface area contributed by atoms with Crippen molar-refractivity contribution in [2.45, 2.75) is 25.9 Å². The van der Waals surface area contributed by atoms with Gasteiger partial charge in [-0.1, -0.05) is 42.1 Å². The van der Waals surface area contributed by atoms with Crippen LogP contribution in [0.25, 0.3) is 11.3 Å². The second-order valence-corrected chi connectivity index (χ2v) is 8.41. The van der Waals surface area contributed by atoms with Gasteiger partial charge in [-0.15, -0.1) is 21.5 Å². The first kappa shape index (κ1) is 21.7. The van der Waals surface area contributed by atoms with Gasteiger partial charge >= 0.3 is 5.97 Å². The first-order chi connectivity index (χ1) is 14.4. The van der Waals surface area contributed by atoms with Crippen molar-refractivity contribution >= 4 is 40.0 Å². The maximum Gasteiger partial charge on any atom is 0.341 e. The molecule has 0 aliphatic carbocycles. The number of hydrogen-bond donors (Lipinski definition) is 2. The molecular weight excluding hydrogens is 424 g/mol. The highest BCUT2D eigenvalue weighted by atomic mass is 32.2. The molecule has 0 bridgehead atoms.